The number of benzene rings is 1. The fourth-order valence-electron chi connectivity index (χ4n) is 1.26. The molecule has 7 heteroatoms. The molecular weight excluding hydrogens is 258 g/mol. The monoisotopic (exact) mass is 272 g/mol. The van der Waals surface area contributed by atoms with Gasteiger partial charge in [0.1, 0.15) is 17.3 Å². The second-order valence-corrected chi connectivity index (χ2v) is 4.72. The molecule has 0 aliphatic rings. The third-order valence-corrected chi connectivity index (χ3v) is 2.66. The molecule has 104 valence electrons. The van der Waals surface area contributed by atoms with Gasteiger partial charge in [0, 0.05) is 6.54 Å². The molecule has 0 spiro atoms. The van der Waals surface area contributed by atoms with Crippen LogP contribution in [0.2, 0.25) is 0 Å². The van der Waals surface area contributed by atoms with Crippen LogP contribution >= 0.6 is 0 Å². The number of amides is 1. The molecule has 1 rings (SSSR count). The molecule has 0 aliphatic heterocycles. The third-order valence-electron chi connectivity index (χ3n) is 2.66. The zero-order valence-electron chi connectivity index (χ0n) is 10.5. The van der Waals surface area contributed by atoms with Gasteiger partial charge in [-0.15, -0.1) is 0 Å². The van der Waals surface area contributed by atoms with Crippen molar-refractivity contribution in [2.24, 2.45) is 11.1 Å². The number of nitrogens with one attached hydrogen (secondary N) is 1. The fraction of sp³-hybridized carbons (Fsp3) is 0.333. The maximum Gasteiger partial charge on any atom is 0.335 e. The highest BCUT2D eigenvalue weighted by molar-refractivity contribution is 5.88. The first-order chi connectivity index (χ1) is 8.65. The van der Waals surface area contributed by atoms with Gasteiger partial charge in [0.05, 0.1) is 11.0 Å². The van der Waals surface area contributed by atoms with Crippen molar-refractivity contribution in [3.05, 3.63) is 29.3 Å². The van der Waals surface area contributed by atoms with Crippen LogP contribution in [0.25, 0.3) is 0 Å². The summed E-state index contributed by atoms with van der Waals surface area (Å²) in [6.45, 7) is 2.95. The van der Waals surface area contributed by atoms with Gasteiger partial charge >= 0.3 is 5.97 Å². The number of carboxylic acids is 1. The second-order valence-electron chi connectivity index (χ2n) is 4.72. The van der Waals surface area contributed by atoms with E-state index in [9.17, 15) is 18.4 Å². The van der Waals surface area contributed by atoms with Crippen molar-refractivity contribution in [2.75, 3.05) is 11.9 Å². The number of halogens is 2. The van der Waals surface area contributed by atoms with Crippen LogP contribution in [0.15, 0.2) is 12.1 Å². The topological polar surface area (TPSA) is 92.4 Å². The van der Waals surface area contributed by atoms with E-state index >= 15 is 0 Å². The molecule has 0 bridgehead atoms. The van der Waals surface area contributed by atoms with Gasteiger partial charge in [-0.05, 0) is 26.0 Å². The van der Waals surface area contributed by atoms with Gasteiger partial charge < -0.3 is 16.2 Å². The van der Waals surface area contributed by atoms with Gasteiger partial charge in [-0.1, -0.05) is 0 Å². The van der Waals surface area contributed by atoms with Gasteiger partial charge in [-0.3, -0.25) is 4.79 Å². The Morgan fingerprint density at radius 1 is 1.32 bits per heavy atom. The predicted octanol–water partition coefficient (Wildman–Crippen LogP) is 1.59. The number of hydrogen-bond donors (Lipinski definition) is 3. The van der Waals surface area contributed by atoms with E-state index in [4.69, 9.17) is 10.8 Å². The summed E-state index contributed by atoms with van der Waals surface area (Å²) in [5.74, 6) is -4.14. The minimum Gasteiger partial charge on any atom is -0.478 e. The molecule has 1 aromatic carbocycles. The van der Waals surface area contributed by atoms with Crippen LogP contribution in [0.4, 0.5) is 14.5 Å². The van der Waals surface area contributed by atoms with E-state index in [1.165, 1.54) is 13.8 Å². The Morgan fingerprint density at radius 2 is 1.79 bits per heavy atom. The lowest BCUT2D eigenvalue weighted by molar-refractivity contribution is -0.125. The van der Waals surface area contributed by atoms with E-state index in [-0.39, 0.29) is 6.54 Å². The van der Waals surface area contributed by atoms with Crippen molar-refractivity contribution in [3.8, 4) is 0 Å². The van der Waals surface area contributed by atoms with Crippen LogP contribution in [0.1, 0.15) is 24.2 Å². The van der Waals surface area contributed by atoms with E-state index in [1.807, 2.05) is 0 Å². The molecule has 0 aromatic heterocycles. The number of rotatable bonds is 5. The van der Waals surface area contributed by atoms with Crippen LogP contribution in [0.3, 0.4) is 0 Å². The first kappa shape index (κ1) is 14.9. The normalized spacial score (nSPS) is 11.2. The highest BCUT2D eigenvalue weighted by Gasteiger charge is 2.26. The first-order valence-corrected chi connectivity index (χ1v) is 5.41. The molecule has 1 aromatic rings. The highest BCUT2D eigenvalue weighted by atomic mass is 19.1. The largest absolute Gasteiger partial charge is 0.478 e. The molecular formula is C12H14F2N2O3. The van der Waals surface area contributed by atoms with Crippen LogP contribution in [0, 0.1) is 17.0 Å². The average Bonchev–Trinajstić information content (AvgIpc) is 2.27. The van der Waals surface area contributed by atoms with Gasteiger partial charge in [0.25, 0.3) is 0 Å². The highest BCUT2D eigenvalue weighted by Crippen LogP contribution is 2.23. The molecule has 1 amide bonds. The molecule has 19 heavy (non-hydrogen) atoms. The van der Waals surface area contributed by atoms with Crippen molar-refractivity contribution in [1.29, 1.82) is 0 Å². The maximum atomic E-state index is 13.6. The predicted molar refractivity (Wildman–Crippen MR) is 64.8 cm³/mol. The summed E-state index contributed by atoms with van der Waals surface area (Å²) in [6.07, 6.45) is 0. The lowest BCUT2D eigenvalue weighted by Gasteiger charge is -2.22. The van der Waals surface area contributed by atoms with Crippen molar-refractivity contribution in [2.45, 2.75) is 13.8 Å². The summed E-state index contributed by atoms with van der Waals surface area (Å²) in [4.78, 5) is 21.7. The lowest BCUT2D eigenvalue weighted by Crippen LogP contribution is -2.37. The van der Waals surface area contributed by atoms with Crippen molar-refractivity contribution >= 4 is 17.6 Å². The molecule has 0 radical (unpaired) electrons. The summed E-state index contributed by atoms with van der Waals surface area (Å²) in [5, 5.41) is 11.1. The fourth-order valence-corrected chi connectivity index (χ4v) is 1.26. The van der Waals surface area contributed by atoms with Gasteiger partial charge in [-0.25, -0.2) is 13.6 Å². The van der Waals surface area contributed by atoms with Gasteiger partial charge in [0.2, 0.25) is 5.91 Å². The number of carbonyl (C=O) groups is 2. The zero-order chi connectivity index (χ0) is 14.8. The summed E-state index contributed by atoms with van der Waals surface area (Å²) in [7, 11) is 0. The maximum absolute atomic E-state index is 13.6. The van der Waals surface area contributed by atoms with Crippen LogP contribution < -0.4 is 11.1 Å². The molecule has 5 nitrogen and oxygen atoms in total. The summed E-state index contributed by atoms with van der Waals surface area (Å²) in [5.41, 5.74) is 3.16. The third kappa shape index (κ3) is 3.40. The molecule has 0 saturated carbocycles. The van der Waals surface area contributed by atoms with Crippen LogP contribution in [-0.4, -0.2) is 23.5 Å². The number of primary amides is 1. The number of hydrogen-bond acceptors (Lipinski definition) is 3. The number of nitrogens with two attached hydrogens (primary N) is 1. The van der Waals surface area contributed by atoms with E-state index in [0.717, 1.165) is 0 Å². The molecule has 0 heterocycles. The lowest BCUT2D eigenvalue weighted by atomic mass is 9.92. The molecule has 0 unspecified atom stereocenters. The molecule has 0 aliphatic carbocycles. The minimum atomic E-state index is -1.43. The summed E-state index contributed by atoms with van der Waals surface area (Å²) < 4.78 is 27.1. The van der Waals surface area contributed by atoms with E-state index in [2.05, 4.69) is 5.32 Å². The Bertz CT molecular complexity index is 507. The Morgan fingerprint density at radius 3 is 2.16 bits per heavy atom. The van der Waals surface area contributed by atoms with Gasteiger partial charge in [0.15, 0.2) is 0 Å². The number of carbonyl (C=O) groups excluding carboxylic acids is 1. The Balaban J connectivity index is 2.97. The quantitative estimate of drug-likeness (QED) is 0.758. The summed E-state index contributed by atoms with van der Waals surface area (Å²) in [6, 6.07) is 1.40. The van der Waals surface area contributed by atoms with Gasteiger partial charge in [-0.2, -0.15) is 0 Å². The van der Waals surface area contributed by atoms with Crippen LogP contribution in [-0.2, 0) is 4.79 Å². The second kappa shape index (κ2) is 5.21. The Labute approximate surface area is 108 Å². The standard InChI is InChI=1S/C12H14F2N2O3/c1-12(2,11(15)19)5-16-9-7(13)3-6(10(17)18)4-8(9)14/h3-4,16H,5H2,1-2H3,(H2,15,19)(H,17,18). The number of anilines is 1. The number of carboxylic acid groups (broad SMARTS) is 1. The smallest absolute Gasteiger partial charge is 0.335 e. The van der Waals surface area contributed by atoms with E-state index in [0.29, 0.717) is 12.1 Å². The number of aromatic carboxylic acids is 1. The molecule has 0 saturated heterocycles. The first-order valence-electron chi connectivity index (χ1n) is 5.41. The van der Waals surface area contributed by atoms with Crippen molar-refractivity contribution < 1.29 is 23.5 Å². The van der Waals surface area contributed by atoms with Crippen molar-refractivity contribution in [3.63, 3.8) is 0 Å². The molecule has 0 atom stereocenters. The Kier molecular flexibility index (Phi) is 4.08. The Hall–Kier alpha value is -2.18. The SMILES string of the molecule is CC(C)(CNc1c(F)cc(C(=O)O)cc1F)C(N)=O. The van der Waals surface area contributed by atoms with Crippen LogP contribution in [0.5, 0.6) is 0 Å². The minimum absolute atomic E-state index is 0.0808. The van der Waals surface area contributed by atoms with E-state index in [1.54, 1.807) is 0 Å². The zero-order valence-corrected chi connectivity index (χ0v) is 10.5. The average molecular weight is 272 g/mol. The molecule has 4 N–H and O–H groups in total. The van der Waals surface area contributed by atoms with E-state index < -0.39 is 40.2 Å². The summed E-state index contributed by atoms with van der Waals surface area (Å²) >= 11 is 0. The molecule has 0 fully saturated rings. The van der Waals surface area contributed by atoms with Crippen molar-refractivity contribution in [1.82, 2.24) is 0 Å².